The fourth-order valence-electron chi connectivity index (χ4n) is 1.27. The normalized spacial score (nSPS) is 13.0. The summed E-state index contributed by atoms with van der Waals surface area (Å²) in [7, 11) is 0. The van der Waals surface area contributed by atoms with Crippen LogP contribution in [0.5, 0.6) is 0 Å². The molecule has 0 radical (unpaired) electrons. The van der Waals surface area contributed by atoms with Gasteiger partial charge in [0.1, 0.15) is 6.04 Å². The lowest BCUT2D eigenvalue weighted by Gasteiger charge is -2.12. The maximum atomic E-state index is 10.5. The summed E-state index contributed by atoms with van der Waals surface area (Å²) in [6.07, 6.45) is 3.59. The van der Waals surface area contributed by atoms with Gasteiger partial charge < -0.3 is 15.4 Å². The number of thioether (sulfide) groups is 1. The van der Waals surface area contributed by atoms with E-state index in [9.17, 15) is 4.79 Å². The van der Waals surface area contributed by atoms with Crippen LogP contribution in [0.3, 0.4) is 0 Å². The Morgan fingerprint density at radius 2 is 2.38 bits per heavy atom. The van der Waals surface area contributed by atoms with E-state index in [1.807, 2.05) is 0 Å². The minimum atomic E-state index is -0.954. The van der Waals surface area contributed by atoms with Crippen molar-refractivity contribution in [2.45, 2.75) is 31.7 Å². The van der Waals surface area contributed by atoms with Crippen molar-refractivity contribution in [2.75, 3.05) is 5.75 Å². The van der Waals surface area contributed by atoms with Crippen LogP contribution >= 0.6 is 11.8 Å². The van der Waals surface area contributed by atoms with Gasteiger partial charge in [-0.2, -0.15) is 11.8 Å². The van der Waals surface area contributed by atoms with Crippen LogP contribution in [-0.4, -0.2) is 32.4 Å². The molecule has 1 heterocycles. The molecular formula is C10H17N3O2S. The number of aromatic nitrogens is 2. The molecule has 6 heteroatoms. The second kappa shape index (κ2) is 5.91. The molecule has 0 unspecified atom stereocenters. The predicted molar refractivity (Wildman–Crippen MR) is 64.4 cm³/mol. The number of carbonyl (C=O) groups is 1. The molecule has 16 heavy (non-hydrogen) atoms. The number of nitrogens with two attached hydrogens (primary N) is 1. The Hall–Kier alpha value is -1.01. The van der Waals surface area contributed by atoms with E-state index in [0.717, 1.165) is 11.4 Å². The first-order valence-corrected chi connectivity index (χ1v) is 6.24. The van der Waals surface area contributed by atoms with E-state index in [2.05, 4.69) is 23.4 Å². The largest absolute Gasteiger partial charge is 0.480 e. The molecule has 5 nitrogen and oxygen atoms in total. The summed E-state index contributed by atoms with van der Waals surface area (Å²) < 4.78 is 2.07. The number of rotatable bonds is 6. The van der Waals surface area contributed by atoms with Crippen molar-refractivity contribution in [3.8, 4) is 0 Å². The monoisotopic (exact) mass is 243 g/mol. The standard InChI is InChI=1S/C10H17N3O2S/c1-7(2)13-6-12-3-8(13)4-16-5-9(11)10(14)15/h3,6-7,9H,4-5,11H2,1-2H3,(H,14,15)/t9-/m1/s1. The van der Waals surface area contributed by atoms with E-state index in [1.165, 1.54) is 11.8 Å². The van der Waals surface area contributed by atoms with Gasteiger partial charge in [-0.25, -0.2) is 4.98 Å². The Kier molecular flexibility index (Phi) is 4.82. The molecule has 0 saturated heterocycles. The zero-order valence-electron chi connectivity index (χ0n) is 9.46. The van der Waals surface area contributed by atoms with Crippen LogP contribution in [0.1, 0.15) is 25.6 Å². The molecule has 0 amide bonds. The molecule has 0 aliphatic carbocycles. The van der Waals surface area contributed by atoms with Crippen LogP contribution in [-0.2, 0) is 10.5 Å². The van der Waals surface area contributed by atoms with Gasteiger partial charge in [0.2, 0.25) is 0 Å². The average molecular weight is 243 g/mol. The van der Waals surface area contributed by atoms with E-state index in [1.54, 1.807) is 12.5 Å². The summed E-state index contributed by atoms with van der Waals surface area (Å²) in [6, 6.07) is -0.424. The number of hydrogen-bond acceptors (Lipinski definition) is 4. The molecule has 1 aromatic rings. The van der Waals surface area contributed by atoms with Gasteiger partial charge in [-0.05, 0) is 13.8 Å². The Morgan fingerprint density at radius 1 is 1.69 bits per heavy atom. The topological polar surface area (TPSA) is 81.1 Å². The molecule has 0 fully saturated rings. The Balaban J connectivity index is 2.43. The first-order valence-electron chi connectivity index (χ1n) is 5.09. The third-order valence-electron chi connectivity index (χ3n) is 2.17. The molecule has 0 aromatic carbocycles. The molecule has 3 N–H and O–H groups in total. The third-order valence-corrected chi connectivity index (χ3v) is 3.26. The summed E-state index contributed by atoms with van der Waals surface area (Å²) >= 11 is 1.51. The lowest BCUT2D eigenvalue weighted by Crippen LogP contribution is -2.32. The summed E-state index contributed by atoms with van der Waals surface area (Å²) in [5.74, 6) is 0.197. The number of carboxylic acid groups (broad SMARTS) is 1. The van der Waals surface area contributed by atoms with Gasteiger partial charge in [0.15, 0.2) is 0 Å². The minimum absolute atomic E-state index is 0.367. The average Bonchev–Trinajstić information content (AvgIpc) is 2.65. The maximum absolute atomic E-state index is 10.5. The van der Waals surface area contributed by atoms with Gasteiger partial charge in [0.05, 0.1) is 6.33 Å². The molecule has 90 valence electrons. The fourth-order valence-corrected chi connectivity index (χ4v) is 2.22. The van der Waals surface area contributed by atoms with Gasteiger partial charge in [0.25, 0.3) is 0 Å². The minimum Gasteiger partial charge on any atom is -0.480 e. The number of aliphatic carboxylic acids is 1. The Morgan fingerprint density at radius 3 is 2.94 bits per heavy atom. The van der Waals surface area contributed by atoms with E-state index < -0.39 is 12.0 Å². The van der Waals surface area contributed by atoms with Crippen LogP contribution in [0.15, 0.2) is 12.5 Å². The van der Waals surface area contributed by atoms with Crippen molar-refractivity contribution in [3.05, 3.63) is 18.2 Å². The highest BCUT2D eigenvalue weighted by molar-refractivity contribution is 7.98. The highest BCUT2D eigenvalue weighted by Gasteiger charge is 2.12. The second-order valence-corrected chi connectivity index (χ2v) is 4.88. The van der Waals surface area contributed by atoms with Gasteiger partial charge in [-0.15, -0.1) is 0 Å². The molecule has 0 spiro atoms. The third kappa shape index (κ3) is 3.53. The van der Waals surface area contributed by atoms with Gasteiger partial charge >= 0.3 is 5.97 Å². The zero-order chi connectivity index (χ0) is 12.1. The van der Waals surface area contributed by atoms with Gasteiger partial charge in [-0.3, -0.25) is 4.79 Å². The molecule has 1 aromatic heterocycles. The Bertz CT molecular complexity index is 352. The Labute approximate surface area is 99.0 Å². The second-order valence-electron chi connectivity index (χ2n) is 3.85. The van der Waals surface area contributed by atoms with Crippen molar-refractivity contribution in [1.29, 1.82) is 0 Å². The first-order chi connectivity index (χ1) is 7.52. The molecule has 0 bridgehead atoms. The van der Waals surface area contributed by atoms with E-state index in [0.29, 0.717) is 11.8 Å². The lowest BCUT2D eigenvalue weighted by atomic mass is 10.4. The zero-order valence-corrected chi connectivity index (χ0v) is 10.3. The van der Waals surface area contributed by atoms with Crippen molar-refractivity contribution in [3.63, 3.8) is 0 Å². The van der Waals surface area contributed by atoms with Crippen molar-refractivity contribution >= 4 is 17.7 Å². The first kappa shape index (κ1) is 13.1. The molecule has 0 aliphatic rings. The highest BCUT2D eigenvalue weighted by Crippen LogP contribution is 2.16. The van der Waals surface area contributed by atoms with Crippen molar-refractivity contribution in [1.82, 2.24) is 9.55 Å². The maximum Gasteiger partial charge on any atom is 0.321 e. The summed E-state index contributed by atoms with van der Waals surface area (Å²) in [6.45, 7) is 4.16. The van der Waals surface area contributed by atoms with Gasteiger partial charge in [-0.1, -0.05) is 0 Å². The molecule has 1 atom stereocenters. The predicted octanol–water partition coefficient (Wildman–Crippen LogP) is 1.11. The van der Waals surface area contributed by atoms with Gasteiger partial charge in [0, 0.05) is 29.4 Å². The van der Waals surface area contributed by atoms with Crippen LogP contribution in [0.4, 0.5) is 0 Å². The van der Waals surface area contributed by atoms with Crippen molar-refractivity contribution in [2.24, 2.45) is 5.73 Å². The quantitative estimate of drug-likeness (QED) is 0.782. The molecule has 1 rings (SSSR count). The molecule has 0 aliphatic heterocycles. The summed E-state index contributed by atoms with van der Waals surface area (Å²) in [5, 5.41) is 8.63. The van der Waals surface area contributed by atoms with E-state index in [4.69, 9.17) is 10.8 Å². The SMILES string of the molecule is CC(C)n1cncc1CSC[C@@H](N)C(=O)O. The van der Waals surface area contributed by atoms with Crippen LogP contribution in [0, 0.1) is 0 Å². The fraction of sp³-hybridized carbons (Fsp3) is 0.600. The van der Waals surface area contributed by atoms with Crippen LogP contribution in [0.2, 0.25) is 0 Å². The lowest BCUT2D eigenvalue weighted by molar-refractivity contribution is -0.137. The summed E-state index contributed by atoms with van der Waals surface area (Å²) in [4.78, 5) is 14.6. The van der Waals surface area contributed by atoms with Crippen LogP contribution < -0.4 is 5.73 Å². The van der Waals surface area contributed by atoms with E-state index >= 15 is 0 Å². The molecule has 0 saturated carbocycles. The van der Waals surface area contributed by atoms with Crippen molar-refractivity contribution < 1.29 is 9.90 Å². The smallest absolute Gasteiger partial charge is 0.321 e. The molecular weight excluding hydrogens is 226 g/mol. The number of carboxylic acids is 1. The van der Waals surface area contributed by atoms with E-state index in [-0.39, 0.29) is 0 Å². The number of imidazole rings is 1. The van der Waals surface area contributed by atoms with Crippen LogP contribution in [0.25, 0.3) is 0 Å². The highest BCUT2D eigenvalue weighted by atomic mass is 32.2. The summed E-state index contributed by atoms with van der Waals surface area (Å²) in [5.41, 5.74) is 6.51. The number of hydrogen-bond donors (Lipinski definition) is 2. The number of nitrogens with zero attached hydrogens (tertiary/aromatic N) is 2.